The van der Waals surface area contributed by atoms with Crippen LogP contribution in [-0.2, 0) is 4.79 Å². The van der Waals surface area contributed by atoms with E-state index in [4.69, 9.17) is 4.74 Å². The summed E-state index contributed by atoms with van der Waals surface area (Å²) >= 11 is 3.16. The molecular weight excluding hydrogens is 329 g/mol. The van der Waals surface area contributed by atoms with E-state index in [0.29, 0.717) is 11.6 Å². The van der Waals surface area contributed by atoms with E-state index in [9.17, 15) is 9.18 Å². The standard InChI is InChI=1S/C13H11BrFN3O2/c1-8(14)13(19)18-12-3-2-10(7-17-12)20-11-4-9(15)5-16-6-11/h2-8H,1H3,(H,17,18,19). The number of pyridine rings is 2. The van der Waals surface area contributed by atoms with Crippen LogP contribution < -0.4 is 10.1 Å². The summed E-state index contributed by atoms with van der Waals surface area (Å²) in [5.74, 6) is 0.428. The van der Waals surface area contributed by atoms with E-state index in [1.165, 1.54) is 18.5 Å². The number of hydrogen-bond acceptors (Lipinski definition) is 4. The molecule has 7 heteroatoms. The first-order valence-corrected chi connectivity index (χ1v) is 6.65. The maximum atomic E-state index is 12.9. The first-order valence-electron chi connectivity index (χ1n) is 5.74. The molecule has 2 rings (SSSR count). The Morgan fingerprint density at radius 1 is 1.35 bits per heavy atom. The second-order valence-corrected chi connectivity index (χ2v) is 5.30. The van der Waals surface area contributed by atoms with Gasteiger partial charge < -0.3 is 10.1 Å². The summed E-state index contributed by atoms with van der Waals surface area (Å²) < 4.78 is 18.3. The van der Waals surface area contributed by atoms with Crippen molar-refractivity contribution >= 4 is 27.7 Å². The van der Waals surface area contributed by atoms with Gasteiger partial charge in [0.25, 0.3) is 0 Å². The molecule has 20 heavy (non-hydrogen) atoms. The zero-order valence-corrected chi connectivity index (χ0v) is 12.1. The summed E-state index contributed by atoms with van der Waals surface area (Å²) in [6.07, 6.45) is 3.91. The van der Waals surface area contributed by atoms with Gasteiger partial charge in [0, 0.05) is 6.07 Å². The lowest BCUT2D eigenvalue weighted by Crippen LogP contribution is -2.20. The Balaban J connectivity index is 2.03. The molecular formula is C13H11BrFN3O2. The molecule has 5 nitrogen and oxygen atoms in total. The maximum Gasteiger partial charge on any atom is 0.239 e. The number of nitrogens with one attached hydrogen (secondary N) is 1. The van der Waals surface area contributed by atoms with Gasteiger partial charge >= 0.3 is 0 Å². The van der Waals surface area contributed by atoms with Gasteiger partial charge in [-0.25, -0.2) is 9.37 Å². The number of ether oxygens (including phenoxy) is 1. The number of halogens is 2. The van der Waals surface area contributed by atoms with Crippen LogP contribution in [0.15, 0.2) is 36.8 Å². The lowest BCUT2D eigenvalue weighted by molar-refractivity contribution is -0.115. The molecule has 0 aromatic carbocycles. The molecule has 0 saturated heterocycles. The van der Waals surface area contributed by atoms with E-state index >= 15 is 0 Å². The summed E-state index contributed by atoms with van der Waals surface area (Å²) in [6.45, 7) is 1.71. The van der Waals surface area contributed by atoms with Crippen molar-refractivity contribution < 1.29 is 13.9 Å². The summed E-state index contributed by atoms with van der Waals surface area (Å²) in [7, 11) is 0. The molecule has 0 bridgehead atoms. The minimum atomic E-state index is -0.481. The minimum Gasteiger partial charge on any atom is -0.454 e. The van der Waals surface area contributed by atoms with Crippen molar-refractivity contribution in [1.29, 1.82) is 0 Å². The smallest absolute Gasteiger partial charge is 0.239 e. The monoisotopic (exact) mass is 339 g/mol. The summed E-state index contributed by atoms with van der Waals surface area (Å²) in [5.41, 5.74) is 0. The van der Waals surface area contributed by atoms with Gasteiger partial charge in [-0.1, -0.05) is 15.9 Å². The third-order valence-electron chi connectivity index (χ3n) is 2.26. The molecule has 2 heterocycles. The Morgan fingerprint density at radius 3 is 2.75 bits per heavy atom. The van der Waals surface area contributed by atoms with Crippen molar-refractivity contribution in [3.63, 3.8) is 0 Å². The van der Waals surface area contributed by atoms with Crippen molar-refractivity contribution in [3.05, 3.63) is 42.6 Å². The molecule has 2 aromatic rings. The molecule has 0 radical (unpaired) electrons. The lowest BCUT2D eigenvalue weighted by Gasteiger charge is -2.07. The van der Waals surface area contributed by atoms with Crippen LogP contribution in [-0.4, -0.2) is 20.7 Å². The highest BCUT2D eigenvalue weighted by Crippen LogP contribution is 2.21. The molecule has 0 fully saturated rings. The second-order valence-electron chi connectivity index (χ2n) is 3.93. The van der Waals surface area contributed by atoms with Crippen LogP contribution >= 0.6 is 15.9 Å². The summed E-state index contributed by atoms with van der Waals surface area (Å²) in [4.78, 5) is 18.8. The minimum absolute atomic E-state index is 0.194. The molecule has 1 amide bonds. The number of amides is 1. The number of hydrogen-bond donors (Lipinski definition) is 1. The van der Waals surface area contributed by atoms with E-state index in [-0.39, 0.29) is 16.5 Å². The van der Waals surface area contributed by atoms with Gasteiger partial charge in [0.05, 0.1) is 23.4 Å². The highest BCUT2D eigenvalue weighted by molar-refractivity contribution is 9.10. The zero-order valence-electron chi connectivity index (χ0n) is 10.5. The van der Waals surface area contributed by atoms with Gasteiger partial charge in [-0.2, -0.15) is 0 Å². The number of carbonyl (C=O) groups excluding carboxylic acids is 1. The maximum absolute atomic E-state index is 12.9. The molecule has 0 spiro atoms. The molecule has 1 atom stereocenters. The van der Waals surface area contributed by atoms with E-state index < -0.39 is 5.82 Å². The van der Waals surface area contributed by atoms with Crippen LogP contribution in [0.4, 0.5) is 10.2 Å². The fourth-order valence-corrected chi connectivity index (χ4v) is 1.44. The predicted molar refractivity (Wildman–Crippen MR) is 75.5 cm³/mol. The van der Waals surface area contributed by atoms with Crippen molar-refractivity contribution in [1.82, 2.24) is 9.97 Å². The average Bonchev–Trinajstić information content (AvgIpc) is 2.41. The van der Waals surface area contributed by atoms with Crippen LogP contribution in [0.2, 0.25) is 0 Å². The number of anilines is 1. The third-order valence-corrected chi connectivity index (χ3v) is 2.68. The lowest BCUT2D eigenvalue weighted by atomic mass is 10.4. The first-order chi connectivity index (χ1) is 9.54. The molecule has 0 aliphatic carbocycles. The topological polar surface area (TPSA) is 64.1 Å². The quantitative estimate of drug-likeness (QED) is 0.869. The SMILES string of the molecule is CC(Br)C(=O)Nc1ccc(Oc2cncc(F)c2)cn1. The largest absolute Gasteiger partial charge is 0.454 e. The highest BCUT2D eigenvalue weighted by atomic mass is 79.9. The molecule has 1 N–H and O–H groups in total. The van der Waals surface area contributed by atoms with Gasteiger partial charge in [0.2, 0.25) is 5.91 Å². The fraction of sp³-hybridized carbons (Fsp3) is 0.154. The summed E-state index contributed by atoms with van der Waals surface area (Å²) in [6, 6.07) is 4.43. The van der Waals surface area contributed by atoms with E-state index in [0.717, 1.165) is 6.20 Å². The fourth-order valence-electron chi connectivity index (χ4n) is 1.32. The predicted octanol–water partition coefficient (Wildman–Crippen LogP) is 3.13. The number of aromatic nitrogens is 2. The number of alkyl halides is 1. The van der Waals surface area contributed by atoms with Crippen molar-refractivity contribution in [2.45, 2.75) is 11.8 Å². The number of nitrogens with zero attached hydrogens (tertiary/aromatic N) is 2. The highest BCUT2D eigenvalue weighted by Gasteiger charge is 2.09. The van der Waals surface area contributed by atoms with Crippen LogP contribution in [0.25, 0.3) is 0 Å². The Morgan fingerprint density at radius 2 is 2.15 bits per heavy atom. The van der Waals surface area contributed by atoms with Crippen LogP contribution in [0.3, 0.4) is 0 Å². The van der Waals surface area contributed by atoms with Gasteiger partial charge in [-0.3, -0.25) is 9.78 Å². The van der Waals surface area contributed by atoms with Crippen molar-refractivity contribution in [2.75, 3.05) is 5.32 Å². The molecule has 0 aliphatic heterocycles. The molecule has 0 saturated carbocycles. The van der Waals surface area contributed by atoms with Crippen molar-refractivity contribution in [2.24, 2.45) is 0 Å². The third kappa shape index (κ3) is 3.99. The van der Waals surface area contributed by atoms with Crippen LogP contribution in [0, 0.1) is 5.82 Å². The van der Waals surface area contributed by atoms with Crippen molar-refractivity contribution in [3.8, 4) is 11.5 Å². The first kappa shape index (κ1) is 14.4. The normalized spacial score (nSPS) is 11.8. The Labute approximate surface area is 123 Å². The number of carbonyl (C=O) groups is 1. The Kier molecular flexibility index (Phi) is 4.62. The number of rotatable bonds is 4. The van der Waals surface area contributed by atoms with Gasteiger partial charge in [-0.05, 0) is 19.1 Å². The molecule has 104 valence electrons. The zero-order chi connectivity index (χ0) is 14.5. The second kappa shape index (κ2) is 6.42. The van der Waals surface area contributed by atoms with Gasteiger partial charge in [-0.15, -0.1) is 0 Å². The molecule has 1 unspecified atom stereocenters. The summed E-state index contributed by atoms with van der Waals surface area (Å²) in [5, 5.41) is 2.62. The molecule has 0 aliphatic rings. The average molecular weight is 340 g/mol. The van der Waals surface area contributed by atoms with E-state index in [1.54, 1.807) is 19.1 Å². The van der Waals surface area contributed by atoms with Gasteiger partial charge in [0.15, 0.2) is 0 Å². The van der Waals surface area contributed by atoms with E-state index in [2.05, 4.69) is 31.2 Å². The van der Waals surface area contributed by atoms with E-state index in [1.807, 2.05) is 0 Å². The molecule has 2 aromatic heterocycles. The Bertz CT molecular complexity index is 605. The Hall–Kier alpha value is -2.02. The van der Waals surface area contributed by atoms with Crippen LogP contribution in [0.1, 0.15) is 6.92 Å². The van der Waals surface area contributed by atoms with Crippen LogP contribution in [0.5, 0.6) is 11.5 Å². The van der Waals surface area contributed by atoms with Gasteiger partial charge in [0.1, 0.15) is 23.1 Å².